The van der Waals surface area contributed by atoms with Crippen LogP contribution in [0.5, 0.6) is 0 Å². The van der Waals surface area contributed by atoms with Gasteiger partial charge in [-0.15, -0.1) is 0 Å². The smallest absolute Gasteiger partial charge is 0.140 e. The molecule has 1 aromatic rings. The van der Waals surface area contributed by atoms with E-state index in [9.17, 15) is 9.28 Å². The van der Waals surface area contributed by atoms with Gasteiger partial charge < -0.3 is 0 Å². The Morgan fingerprint density at radius 3 is 2.54 bits per heavy atom. The number of hydrogen-bond acceptors (Lipinski definition) is 1. The van der Waals surface area contributed by atoms with Crippen LogP contribution >= 0.6 is 7.49 Å². The molecule has 0 saturated carbocycles. The van der Waals surface area contributed by atoms with Crippen molar-refractivity contribution in [2.75, 3.05) is 13.3 Å². The van der Waals surface area contributed by atoms with Gasteiger partial charge in [0, 0.05) is 5.56 Å². The Labute approximate surface area is 79.8 Å². The molecule has 0 atom stereocenters. The van der Waals surface area contributed by atoms with Crippen LogP contribution in [0.2, 0.25) is 0 Å². The fourth-order valence-electron chi connectivity index (χ4n) is 1.11. The van der Waals surface area contributed by atoms with Crippen molar-refractivity contribution < 1.29 is 9.28 Å². The average Bonchev–Trinajstić information content (AvgIpc) is 1.93. The predicted molar refractivity (Wildman–Crippen MR) is 56.5 cm³/mol. The van der Waals surface area contributed by atoms with Gasteiger partial charge in [0.15, 0.2) is 0 Å². The Kier molecular flexibility index (Phi) is 3.10. The van der Waals surface area contributed by atoms with Gasteiger partial charge in [0.2, 0.25) is 0 Å². The summed E-state index contributed by atoms with van der Waals surface area (Å²) in [4.78, 5) is 9.58. The average molecular weight is 197 g/mol. The molecule has 0 aliphatic carbocycles. The Balaban J connectivity index is 2.90. The maximum absolute atomic E-state index is 13.2. The standard InChI is InChI=1S/C9H12BFOP/c1-13(2,12)6-7-3-4-8(10)5-9(7)11/h3-5,12H,6H2,1-2H3/q+1. The molecule has 1 aromatic carbocycles. The summed E-state index contributed by atoms with van der Waals surface area (Å²) in [6.07, 6.45) is 0.402. The zero-order valence-electron chi connectivity index (χ0n) is 7.79. The summed E-state index contributed by atoms with van der Waals surface area (Å²) in [6.45, 7) is 3.51. The van der Waals surface area contributed by atoms with Crippen molar-refractivity contribution >= 4 is 20.8 Å². The number of halogens is 1. The second-order valence-electron chi connectivity index (χ2n) is 3.63. The summed E-state index contributed by atoms with van der Waals surface area (Å²) in [5.41, 5.74) is 0.949. The van der Waals surface area contributed by atoms with Crippen LogP contribution in [0, 0.1) is 5.82 Å². The maximum Gasteiger partial charge on any atom is 0.140 e. The van der Waals surface area contributed by atoms with Crippen molar-refractivity contribution in [1.82, 2.24) is 0 Å². The molecular weight excluding hydrogens is 185 g/mol. The molecule has 2 radical (unpaired) electrons. The molecule has 0 spiro atoms. The molecule has 1 rings (SSSR count). The minimum absolute atomic E-state index is 0.331. The van der Waals surface area contributed by atoms with Crippen molar-refractivity contribution in [2.45, 2.75) is 6.16 Å². The zero-order chi connectivity index (χ0) is 10.1. The summed E-state index contributed by atoms with van der Waals surface area (Å²) in [6, 6.07) is 4.56. The first-order valence-electron chi connectivity index (χ1n) is 3.98. The van der Waals surface area contributed by atoms with Crippen LogP contribution in [0.25, 0.3) is 0 Å². The van der Waals surface area contributed by atoms with E-state index in [1.807, 2.05) is 0 Å². The lowest BCUT2D eigenvalue weighted by Crippen LogP contribution is -2.05. The monoisotopic (exact) mass is 197 g/mol. The summed E-state index contributed by atoms with van der Waals surface area (Å²) < 4.78 is 13.2. The molecule has 0 bridgehead atoms. The molecule has 0 unspecified atom stereocenters. The van der Waals surface area contributed by atoms with E-state index in [4.69, 9.17) is 7.85 Å². The molecule has 13 heavy (non-hydrogen) atoms. The van der Waals surface area contributed by atoms with E-state index in [1.54, 1.807) is 25.5 Å². The first-order chi connectivity index (χ1) is 5.88. The Morgan fingerprint density at radius 2 is 2.08 bits per heavy atom. The Hall–Kier alpha value is -0.395. The maximum atomic E-state index is 13.2. The second-order valence-corrected chi connectivity index (χ2v) is 7.19. The quantitative estimate of drug-likeness (QED) is 0.559. The molecule has 0 fully saturated rings. The minimum atomic E-state index is -1.96. The van der Waals surface area contributed by atoms with Crippen LogP contribution < -0.4 is 5.46 Å². The van der Waals surface area contributed by atoms with Gasteiger partial charge in [0.05, 0.1) is 13.3 Å². The first-order valence-corrected chi connectivity index (χ1v) is 6.80. The molecule has 0 aromatic heterocycles. The van der Waals surface area contributed by atoms with Crippen LogP contribution in [-0.4, -0.2) is 26.1 Å². The largest absolute Gasteiger partial charge is 0.252 e. The van der Waals surface area contributed by atoms with Crippen LogP contribution in [0.1, 0.15) is 5.56 Å². The molecule has 1 nitrogen and oxygen atoms in total. The zero-order valence-corrected chi connectivity index (χ0v) is 8.68. The number of rotatable bonds is 2. The van der Waals surface area contributed by atoms with Gasteiger partial charge in [-0.1, -0.05) is 17.6 Å². The number of benzene rings is 1. The third-order valence-corrected chi connectivity index (χ3v) is 2.75. The third kappa shape index (κ3) is 3.45. The Bertz CT molecular complexity index is 309. The van der Waals surface area contributed by atoms with Gasteiger partial charge >= 0.3 is 0 Å². The van der Waals surface area contributed by atoms with Crippen molar-refractivity contribution in [3.05, 3.63) is 29.6 Å². The van der Waals surface area contributed by atoms with E-state index in [1.165, 1.54) is 6.07 Å². The fraction of sp³-hybridized carbons (Fsp3) is 0.333. The minimum Gasteiger partial charge on any atom is -0.252 e. The Morgan fingerprint density at radius 1 is 1.46 bits per heavy atom. The van der Waals surface area contributed by atoms with Crippen LogP contribution in [0.4, 0.5) is 4.39 Å². The molecular formula is C9H12BFOP+. The molecule has 68 valence electrons. The van der Waals surface area contributed by atoms with Crippen LogP contribution in [-0.2, 0) is 6.16 Å². The van der Waals surface area contributed by atoms with E-state index in [0.717, 1.165) is 0 Å². The van der Waals surface area contributed by atoms with Gasteiger partial charge in [0.1, 0.15) is 27.3 Å². The van der Waals surface area contributed by atoms with Gasteiger partial charge in [0.25, 0.3) is 0 Å². The van der Waals surface area contributed by atoms with E-state index >= 15 is 0 Å². The molecule has 0 heterocycles. The van der Waals surface area contributed by atoms with Gasteiger partial charge in [-0.25, -0.2) is 4.39 Å². The normalized spacial score (nSPS) is 11.7. The highest BCUT2D eigenvalue weighted by Gasteiger charge is 2.23. The molecule has 1 N–H and O–H groups in total. The van der Waals surface area contributed by atoms with Gasteiger partial charge in [-0.05, 0) is 6.07 Å². The molecule has 0 amide bonds. The predicted octanol–water partition coefficient (Wildman–Crippen LogP) is 1.30. The molecule has 0 aliphatic rings. The summed E-state index contributed by atoms with van der Waals surface area (Å²) in [5.74, 6) is -0.331. The first kappa shape index (κ1) is 10.7. The van der Waals surface area contributed by atoms with Crippen molar-refractivity contribution in [3.8, 4) is 0 Å². The summed E-state index contributed by atoms with van der Waals surface area (Å²) in [5, 5.41) is 0. The molecule has 0 aliphatic heterocycles. The second kappa shape index (κ2) is 3.77. The number of hydrogen-bond donors (Lipinski definition) is 1. The molecule has 0 saturated heterocycles. The lowest BCUT2D eigenvalue weighted by atomic mass is 9.95. The third-order valence-electron chi connectivity index (χ3n) is 1.63. The SMILES string of the molecule is [B]c1ccc(C[P+](C)(C)O)c(F)c1. The lowest BCUT2D eigenvalue weighted by molar-refractivity contribution is 0.596. The highest BCUT2D eigenvalue weighted by atomic mass is 31.2. The van der Waals surface area contributed by atoms with E-state index in [-0.39, 0.29) is 5.82 Å². The van der Waals surface area contributed by atoms with E-state index < -0.39 is 7.49 Å². The summed E-state index contributed by atoms with van der Waals surface area (Å²) >= 11 is 0. The lowest BCUT2D eigenvalue weighted by Gasteiger charge is -2.10. The van der Waals surface area contributed by atoms with Crippen LogP contribution in [0.3, 0.4) is 0 Å². The fourth-order valence-corrected chi connectivity index (χ4v) is 2.20. The topological polar surface area (TPSA) is 20.2 Å². The van der Waals surface area contributed by atoms with Crippen molar-refractivity contribution in [2.24, 2.45) is 0 Å². The van der Waals surface area contributed by atoms with E-state index in [2.05, 4.69) is 0 Å². The van der Waals surface area contributed by atoms with Crippen molar-refractivity contribution in [1.29, 1.82) is 0 Å². The molecule has 4 heteroatoms. The van der Waals surface area contributed by atoms with Gasteiger partial charge in [-0.2, -0.15) is 0 Å². The van der Waals surface area contributed by atoms with E-state index in [0.29, 0.717) is 17.2 Å². The van der Waals surface area contributed by atoms with Gasteiger partial charge in [-0.3, -0.25) is 4.89 Å². The summed E-state index contributed by atoms with van der Waals surface area (Å²) in [7, 11) is 3.44. The highest BCUT2D eigenvalue weighted by Crippen LogP contribution is 2.49. The van der Waals surface area contributed by atoms with Crippen LogP contribution in [0.15, 0.2) is 18.2 Å². The van der Waals surface area contributed by atoms with Crippen molar-refractivity contribution in [3.63, 3.8) is 0 Å². The highest BCUT2D eigenvalue weighted by molar-refractivity contribution is 7.68.